The van der Waals surface area contributed by atoms with E-state index in [4.69, 9.17) is 21.1 Å². The fourth-order valence-corrected chi connectivity index (χ4v) is 2.82. The molecule has 7 nitrogen and oxygen atoms in total. The van der Waals surface area contributed by atoms with E-state index in [1.54, 1.807) is 43.5 Å². The first-order chi connectivity index (χ1) is 13.5. The van der Waals surface area contributed by atoms with Gasteiger partial charge in [-0.1, -0.05) is 11.6 Å². The Morgan fingerprint density at radius 1 is 1.07 bits per heavy atom. The fourth-order valence-electron chi connectivity index (χ4n) is 2.56. The van der Waals surface area contributed by atoms with Crippen LogP contribution in [0, 0.1) is 0 Å². The normalized spacial score (nSPS) is 10.4. The number of rotatable bonds is 6. The molecule has 2 aromatic carbocycles. The maximum atomic E-state index is 12.3. The molecule has 144 valence electrons. The Kier molecular flexibility index (Phi) is 5.96. The summed E-state index contributed by atoms with van der Waals surface area (Å²) in [6.07, 6.45) is 0. The van der Waals surface area contributed by atoms with Gasteiger partial charge in [-0.15, -0.1) is 0 Å². The molecule has 28 heavy (non-hydrogen) atoms. The molecule has 0 saturated carbocycles. The smallest absolute Gasteiger partial charge is 0.267 e. The van der Waals surface area contributed by atoms with Crippen molar-refractivity contribution in [3.8, 4) is 22.8 Å². The van der Waals surface area contributed by atoms with Gasteiger partial charge < -0.3 is 14.8 Å². The first-order valence-corrected chi connectivity index (χ1v) is 8.74. The monoisotopic (exact) mass is 399 g/mol. The number of hydrogen-bond donors (Lipinski definition) is 1. The van der Waals surface area contributed by atoms with Crippen LogP contribution in [0.4, 0.5) is 5.69 Å². The summed E-state index contributed by atoms with van der Waals surface area (Å²) in [7, 11) is 3.09. The van der Waals surface area contributed by atoms with Crippen molar-refractivity contribution in [1.82, 2.24) is 9.78 Å². The SMILES string of the molecule is COc1ccc(-c2ccc(=O)n(CC(=O)Nc3ccc(OC)c(Cl)c3)n2)cc1. The molecular weight excluding hydrogens is 382 g/mol. The molecule has 1 heterocycles. The van der Waals surface area contributed by atoms with Crippen molar-refractivity contribution in [2.45, 2.75) is 6.54 Å². The largest absolute Gasteiger partial charge is 0.497 e. The van der Waals surface area contributed by atoms with Gasteiger partial charge in [-0.3, -0.25) is 9.59 Å². The number of hydrogen-bond acceptors (Lipinski definition) is 5. The van der Waals surface area contributed by atoms with Gasteiger partial charge in [0.05, 0.1) is 24.9 Å². The standard InChI is InChI=1S/C20H18ClN3O4/c1-27-15-6-3-13(4-7-15)17-8-10-20(26)24(23-17)12-19(25)22-14-5-9-18(28-2)16(21)11-14/h3-11H,12H2,1-2H3,(H,22,25). The van der Waals surface area contributed by atoms with Crippen LogP contribution in [0.1, 0.15) is 0 Å². The van der Waals surface area contributed by atoms with Crippen LogP contribution >= 0.6 is 11.6 Å². The van der Waals surface area contributed by atoms with Crippen molar-refractivity contribution in [1.29, 1.82) is 0 Å². The lowest BCUT2D eigenvalue weighted by Gasteiger charge is -2.10. The fraction of sp³-hybridized carbons (Fsp3) is 0.150. The minimum absolute atomic E-state index is 0.230. The zero-order chi connectivity index (χ0) is 20.1. The number of benzene rings is 2. The van der Waals surface area contributed by atoms with Gasteiger partial charge in [-0.25, -0.2) is 4.68 Å². The van der Waals surface area contributed by atoms with Gasteiger partial charge in [0.15, 0.2) is 0 Å². The van der Waals surface area contributed by atoms with Crippen LogP contribution in [0.5, 0.6) is 11.5 Å². The van der Waals surface area contributed by atoms with Crippen molar-refractivity contribution in [3.05, 3.63) is 70.0 Å². The van der Waals surface area contributed by atoms with Crippen LogP contribution in [0.25, 0.3) is 11.3 Å². The lowest BCUT2D eigenvalue weighted by molar-refractivity contribution is -0.117. The van der Waals surface area contributed by atoms with Gasteiger partial charge in [0.1, 0.15) is 18.0 Å². The Labute approximate surface area is 166 Å². The number of anilines is 1. The summed E-state index contributed by atoms with van der Waals surface area (Å²) in [5, 5.41) is 7.34. The third-order valence-corrected chi connectivity index (χ3v) is 4.28. The molecule has 1 amide bonds. The third-order valence-electron chi connectivity index (χ3n) is 3.98. The average Bonchev–Trinajstić information content (AvgIpc) is 2.70. The number of methoxy groups -OCH3 is 2. The van der Waals surface area contributed by atoms with Crippen LogP contribution in [0.2, 0.25) is 5.02 Å². The number of nitrogens with one attached hydrogen (secondary N) is 1. The Bertz CT molecular complexity index is 1050. The number of nitrogens with zero attached hydrogens (tertiary/aromatic N) is 2. The highest BCUT2D eigenvalue weighted by molar-refractivity contribution is 6.32. The number of carbonyl (C=O) groups excluding carboxylic acids is 1. The highest BCUT2D eigenvalue weighted by Crippen LogP contribution is 2.27. The van der Waals surface area contributed by atoms with Gasteiger partial charge in [0.2, 0.25) is 5.91 Å². The van der Waals surface area contributed by atoms with E-state index in [1.807, 2.05) is 12.1 Å². The summed E-state index contributed by atoms with van der Waals surface area (Å²) >= 11 is 6.06. The summed E-state index contributed by atoms with van der Waals surface area (Å²) in [5.41, 5.74) is 1.50. The number of amides is 1. The predicted molar refractivity (Wildman–Crippen MR) is 107 cm³/mol. The molecule has 0 radical (unpaired) electrons. The maximum Gasteiger partial charge on any atom is 0.267 e. The maximum absolute atomic E-state index is 12.3. The summed E-state index contributed by atoms with van der Waals surface area (Å²) in [5.74, 6) is 0.821. The molecule has 0 aliphatic rings. The molecule has 0 aliphatic carbocycles. The zero-order valence-electron chi connectivity index (χ0n) is 15.3. The van der Waals surface area contributed by atoms with Crippen LogP contribution in [-0.4, -0.2) is 29.9 Å². The van der Waals surface area contributed by atoms with Crippen LogP contribution in [-0.2, 0) is 11.3 Å². The molecule has 1 N–H and O–H groups in total. The molecule has 1 aromatic heterocycles. The quantitative estimate of drug-likeness (QED) is 0.688. The number of aromatic nitrogens is 2. The molecule has 3 rings (SSSR count). The van der Waals surface area contributed by atoms with Gasteiger partial charge in [-0.05, 0) is 48.5 Å². The van der Waals surface area contributed by atoms with Crippen molar-refractivity contribution in [2.75, 3.05) is 19.5 Å². The van der Waals surface area contributed by atoms with E-state index in [1.165, 1.54) is 13.2 Å². The lowest BCUT2D eigenvalue weighted by atomic mass is 10.1. The number of carbonyl (C=O) groups is 1. The van der Waals surface area contributed by atoms with Crippen molar-refractivity contribution in [3.63, 3.8) is 0 Å². The summed E-state index contributed by atoms with van der Waals surface area (Å²) in [4.78, 5) is 24.4. The van der Waals surface area contributed by atoms with Gasteiger partial charge in [0, 0.05) is 17.3 Å². The Hall–Kier alpha value is -3.32. The molecule has 0 saturated heterocycles. The molecular formula is C20H18ClN3O4. The molecule has 0 aliphatic heterocycles. The first-order valence-electron chi connectivity index (χ1n) is 8.36. The molecule has 0 unspecified atom stereocenters. The molecule has 0 bridgehead atoms. The van der Waals surface area contributed by atoms with Crippen molar-refractivity contribution < 1.29 is 14.3 Å². The van der Waals surface area contributed by atoms with E-state index in [2.05, 4.69) is 10.4 Å². The van der Waals surface area contributed by atoms with E-state index in [0.717, 1.165) is 16.0 Å². The molecule has 0 atom stereocenters. The van der Waals surface area contributed by atoms with Crippen molar-refractivity contribution >= 4 is 23.2 Å². The lowest BCUT2D eigenvalue weighted by Crippen LogP contribution is -2.29. The summed E-state index contributed by atoms with van der Waals surface area (Å²) in [6.45, 7) is -0.230. The van der Waals surface area contributed by atoms with E-state index < -0.39 is 5.91 Å². The average molecular weight is 400 g/mol. The molecule has 8 heteroatoms. The highest BCUT2D eigenvalue weighted by atomic mass is 35.5. The zero-order valence-corrected chi connectivity index (χ0v) is 16.1. The number of ether oxygens (including phenoxy) is 2. The summed E-state index contributed by atoms with van der Waals surface area (Å²) < 4.78 is 11.3. The Balaban J connectivity index is 1.76. The van der Waals surface area contributed by atoms with E-state index in [9.17, 15) is 9.59 Å². The Morgan fingerprint density at radius 2 is 1.82 bits per heavy atom. The molecule has 0 spiro atoms. The van der Waals surface area contributed by atoms with Gasteiger partial charge in [0.25, 0.3) is 5.56 Å². The summed E-state index contributed by atoms with van der Waals surface area (Å²) in [6, 6.07) is 15.1. The molecule has 3 aromatic rings. The van der Waals surface area contributed by atoms with Gasteiger partial charge >= 0.3 is 0 Å². The van der Waals surface area contributed by atoms with Crippen LogP contribution in [0.3, 0.4) is 0 Å². The minimum atomic E-state index is -0.400. The number of halogens is 1. The van der Waals surface area contributed by atoms with Crippen LogP contribution in [0.15, 0.2) is 59.4 Å². The highest BCUT2D eigenvalue weighted by Gasteiger charge is 2.10. The minimum Gasteiger partial charge on any atom is -0.497 e. The predicted octanol–water partition coefficient (Wildman–Crippen LogP) is 3.22. The second-order valence-electron chi connectivity index (χ2n) is 5.84. The molecule has 0 fully saturated rings. The second-order valence-corrected chi connectivity index (χ2v) is 6.25. The third kappa shape index (κ3) is 4.50. The van der Waals surface area contributed by atoms with Crippen LogP contribution < -0.4 is 20.3 Å². The van der Waals surface area contributed by atoms with E-state index in [-0.39, 0.29) is 12.1 Å². The second kappa shape index (κ2) is 8.58. The van der Waals surface area contributed by atoms with E-state index >= 15 is 0 Å². The van der Waals surface area contributed by atoms with Crippen molar-refractivity contribution in [2.24, 2.45) is 0 Å². The Morgan fingerprint density at radius 3 is 2.46 bits per heavy atom. The van der Waals surface area contributed by atoms with E-state index in [0.29, 0.717) is 22.2 Å². The first kappa shape index (κ1) is 19.4. The van der Waals surface area contributed by atoms with Gasteiger partial charge in [-0.2, -0.15) is 5.10 Å². The topological polar surface area (TPSA) is 82.5 Å².